The minimum absolute atomic E-state index is 0.0119. The first kappa shape index (κ1) is 18.0. The van der Waals surface area contributed by atoms with Crippen molar-refractivity contribution in [1.82, 2.24) is 10.0 Å². The molecule has 118 valence electrons. The SMILES string of the molecule is COCCNC(=O)CCNS(=O)(=O)c1ccc(Br)c(F)c1. The molecule has 0 spiro atoms. The maximum Gasteiger partial charge on any atom is 0.240 e. The summed E-state index contributed by atoms with van der Waals surface area (Å²) in [6.45, 7) is 0.675. The van der Waals surface area contributed by atoms with Crippen LogP contribution in [-0.4, -0.2) is 41.1 Å². The molecule has 0 unspecified atom stereocenters. The second-order valence-corrected chi connectivity index (χ2v) is 6.69. The molecule has 0 fully saturated rings. The number of carbonyl (C=O) groups is 1. The van der Waals surface area contributed by atoms with Crippen LogP contribution in [0.5, 0.6) is 0 Å². The number of methoxy groups -OCH3 is 1. The number of hydrogen-bond donors (Lipinski definition) is 2. The molecule has 0 radical (unpaired) electrons. The van der Waals surface area contributed by atoms with Crippen LogP contribution < -0.4 is 10.0 Å². The highest BCUT2D eigenvalue weighted by atomic mass is 79.9. The van der Waals surface area contributed by atoms with Crippen molar-refractivity contribution in [1.29, 1.82) is 0 Å². The zero-order valence-corrected chi connectivity index (χ0v) is 13.8. The molecule has 0 heterocycles. The Hall–Kier alpha value is -1.03. The standard InChI is InChI=1S/C12H16BrFN2O4S/c1-20-7-6-15-12(17)4-5-16-21(18,19)9-2-3-10(13)11(14)8-9/h2-3,8,16H,4-7H2,1H3,(H,15,17). The number of carbonyl (C=O) groups excluding carboxylic acids is 1. The van der Waals surface area contributed by atoms with Crippen LogP contribution in [0, 0.1) is 5.82 Å². The molecule has 21 heavy (non-hydrogen) atoms. The van der Waals surface area contributed by atoms with Gasteiger partial charge in [0.2, 0.25) is 15.9 Å². The number of rotatable bonds is 8. The van der Waals surface area contributed by atoms with E-state index in [0.29, 0.717) is 13.2 Å². The first-order chi connectivity index (χ1) is 9.86. The second-order valence-electron chi connectivity index (χ2n) is 4.07. The van der Waals surface area contributed by atoms with Gasteiger partial charge in [0.25, 0.3) is 0 Å². The van der Waals surface area contributed by atoms with Gasteiger partial charge in [0.15, 0.2) is 0 Å². The van der Waals surface area contributed by atoms with Gasteiger partial charge in [-0.1, -0.05) is 0 Å². The highest BCUT2D eigenvalue weighted by Crippen LogP contribution is 2.19. The van der Waals surface area contributed by atoms with Crippen molar-refractivity contribution in [2.75, 3.05) is 26.8 Å². The van der Waals surface area contributed by atoms with Gasteiger partial charge in [-0.2, -0.15) is 0 Å². The lowest BCUT2D eigenvalue weighted by molar-refractivity contribution is -0.121. The first-order valence-electron chi connectivity index (χ1n) is 6.07. The van der Waals surface area contributed by atoms with Crippen LogP contribution >= 0.6 is 15.9 Å². The number of benzene rings is 1. The van der Waals surface area contributed by atoms with Gasteiger partial charge in [-0.25, -0.2) is 17.5 Å². The third kappa shape index (κ3) is 6.08. The number of hydrogen-bond acceptors (Lipinski definition) is 4. The fourth-order valence-corrected chi connectivity index (χ4v) is 2.70. The molecule has 0 saturated heterocycles. The van der Waals surface area contributed by atoms with E-state index in [2.05, 4.69) is 26.0 Å². The quantitative estimate of drug-likeness (QED) is 0.657. The molecule has 0 bridgehead atoms. The van der Waals surface area contributed by atoms with Crippen LogP contribution in [0.4, 0.5) is 4.39 Å². The molecule has 1 aromatic rings. The Bertz CT molecular complexity index is 595. The molecular weight excluding hydrogens is 367 g/mol. The van der Waals surface area contributed by atoms with Crippen molar-refractivity contribution >= 4 is 31.9 Å². The van der Waals surface area contributed by atoms with Gasteiger partial charge in [-0.3, -0.25) is 4.79 Å². The van der Waals surface area contributed by atoms with Crippen molar-refractivity contribution in [2.24, 2.45) is 0 Å². The van der Waals surface area contributed by atoms with Crippen LogP contribution in [0.3, 0.4) is 0 Å². The van der Waals surface area contributed by atoms with E-state index in [1.165, 1.54) is 19.2 Å². The molecule has 0 aromatic heterocycles. The third-order valence-electron chi connectivity index (χ3n) is 2.47. The summed E-state index contributed by atoms with van der Waals surface area (Å²) in [5.41, 5.74) is 0. The maximum absolute atomic E-state index is 13.3. The molecular formula is C12H16BrFN2O4S. The predicted molar refractivity (Wildman–Crippen MR) is 78.8 cm³/mol. The molecule has 0 aliphatic heterocycles. The lowest BCUT2D eigenvalue weighted by Crippen LogP contribution is -2.32. The Labute approximate surface area is 131 Å². The Kier molecular flexibility index (Phi) is 7.23. The monoisotopic (exact) mass is 382 g/mol. The van der Waals surface area contributed by atoms with E-state index >= 15 is 0 Å². The molecule has 1 amide bonds. The Morgan fingerprint density at radius 2 is 2.10 bits per heavy atom. The maximum atomic E-state index is 13.3. The lowest BCUT2D eigenvalue weighted by atomic mass is 10.3. The van der Waals surface area contributed by atoms with E-state index in [4.69, 9.17) is 4.74 Å². The van der Waals surface area contributed by atoms with Gasteiger partial charge in [0.05, 0.1) is 16.0 Å². The van der Waals surface area contributed by atoms with Gasteiger partial charge in [-0.15, -0.1) is 0 Å². The average Bonchev–Trinajstić information content (AvgIpc) is 2.42. The molecule has 0 atom stereocenters. The number of sulfonamides is 1. The summed E-state index contributed by atoms with van der Waals surface area (Å²) in [6.07, 6.45) is -0.0119. The van der Waals surface area contributed by atoms with Crippen LogP contribution in [0.25, 0.3) is 0 Å². The smallest absolute Gasteiger partial charge is 0.240 e. The summed E-state index contributed by atoms with van der Waals surface area (Å²) < 4.78 is 44.3. The topological polar surface area (TPSA) is 84.5 Å². The van der Waals surface area contributed by atoms with Crippen molar-refractivity contribution in [3.8, 4) is 0 Å². The zero-order valence-electron chi connectivity index (χ0n) is 11.4. The summed E-state index contributed by atoms with van der Waals surface area (Å²) in [5.74, 6) is -0.966. The zero-order chi connectivity index (χ0) is 15.9. The number of ether oxygens (including phenoxy) is 1. The molecule has 1 rings (SSSR count). The summed E-state index contributed by atoms with van der Waals surface area (Å²) in [4.78, 5) is 11.2. The van der Waals surface area contributed by atoms with E-state index < -0.39 is 15.8 Å². The largest absolute Gasteiger partial charge is 0.383 e. The predicted octanol–water partition coefficient (Wildman–Crippen LogP) is 1.02. The molecule has 0 aliphatic carbocycles. The van der Waals surface area contributed by atoms with E-state index in [1.54, 1.807) is 0 Å². The third-order valence-corrected chi connectivity index (χ3v) is 4.58. The van der Waals surface area contributed by atoms with Gasteiger partial charge < -0.3 is 10.1 Å². The van der Waals surface area contributed by atoms with Crippen molar-refractivity contribution in [2.45, 2.75) is 11.3 Å². The first-order valence-corrected chi connectivity index (χ1v) is 8.35. The van der Waals surface area contributed by atoms with Crippen LogP contribution in [0.15, 0.2) is 27.6 Å². The molecule has 6 nitrogen and oxygen atoms in total. The highest BCUT2D eigenvalue weighted by molar-refractivity contribution is 9.10. The molecule has 9 heteroatoms. The average molecular weight is 383 g/mol. The van der Waals surface area contributed by atoms with Crippen LogP contribution in [0.1, 0.15) is 6.42 Å². The summed E-state index contributed by atoms with van der Waals surface area (Å²) in [5, 5.41) is 2.56. The van der Waals surface area contributed by atoms with Gasteiger partial charge in [0.1, 0.15) is 5.82 Å². The Morgan fingerprint density at radius 3 is 2.71 bits per heavy atom. The normalized spacial score (nSPS) is 11.4. The fourth-order valence-electron chi connectivity index (χ4n) is 1.41. The highest BCUT2D eigenvalue weighted by Gasteiger charge is 2.15. The van der Waals surface area contributed by atoms with Crippen molar-refractivity contribution < 1.29 is 22.3 Å². The van der Waals surface area contributed by atoms with Crippen molar-refractivity contribution in [3.63, 3.8) is 0 Å². The van der Waals surface area contributed by atoms with Gasteiger partial charge in [0, 0.05) is 26.6 Å². The lowest BCUT2D eigenvalue weighted by Gasteiger charge is -2.08. The Balaban J connectivity index is 2.50. The van der Waals surface area contributed by atoms with Gasteiger partial charge in [-0.05, 0) is 34.1 Å². The van der Waals surface area contributed by atoms with Crippen molar-refractivity contribution in [3.05, 3.63) is 28.5 Å². The summed E-state index contributed by atoms with van der Waals surface area (Å²) >= 11 is 2.94. The Morgan fingerprint density at radius 1 is 1.38 bits per heavy atom. The summed E-state index contributed by atoms with van der Waals surface area (Å²) in [7, 11) is -2.32. The molecule has 1 aromatic carbocycles. The van der Waals surface area contributed by atoms with E-state index in [1.807, 2.05) is 0 Å². The van der Waals surface area contributed by atoms with E-state index in [0.717, 1.165) is 6.07 Å². The minimum Gasteiger partial charge on any atom is -0.383 e. The molecule has 0 aliphatic rings. The molecule has 0 saturated carbocycles. The van der Waals surface area contributed by atoms with Gasteiger partial charge >= 0.3 is 0 Å². The summed E-state index contributed by atoms with van der Waals surface area (Å²) in [6, 6.07) is 3.49. The molecule has 2 N–H and O–H groups in total. The van der Waals surface area contributed by atoms with E-state index in [-0.39, 0.29) is 28.2 Å². The number of halogens is 2. The minimum atomic E-state index is -3.84. The van der Waals surface area contributed by atoms with Crippen LogP contribution in [0.2, 0.25) is 0 Å². The fraction of sp³-hybridized carbons (Fsp3) is 0.417. The number of amides is 1. The second kappa shape index (κ2) is 8.42. The van der Waals surface area contributed by atoms with E-state index in [9.17, 15) is 17.6 Å². The van der Waals surface area contributed by atoms with Crippen LogP contribution in [-0.2, 0) is 19.6 Å². The number of nitrogens with one attached hydrogen (secondary N) is 2.